The number of hydrogen-bond acceptors (Lipinski definition) is 7. The number of carbonyl (C=O) groups is 3. The maximum absolute atomic E-state index is 12.7. The lowest BCUT2D eigenvalue weighted by Crippen LogP contribution is -2.47. The van der Waals surface area contributed by atoms with Crippen LogP contribution in [0.4, 0.5) is 4.79 Å². The number of nitrogens with one attached hydrogen (secondary N) is 2. The van der Waals surface area contributed by atoms with Crippen molar-refractivity contribution in [1.29, 1.82) is 0 Å². The summed E-state index contributed by atoms with van der Waals surface area (Å²) in [5.41, 5.74) is 0.928. The van der Waals surface area contributed by atoms with Crippen LogP contribution in [0.3, 0.4) is 0 Å². The normalized spacial score (nSPS) is 15.9. The lowest BCUT2D eigenvalue weighted by Gasteiger charge is -2.29. The fourth-order valence-electron chi connectivity index (χ4n) is 2.96. The van der Waals surface area contributed by atoms with Crippen LogP contribution in [0.1, 0.15) is 24.3 Å². The van der Waals surface area contributed by atoms with E-state index in [0.717, 1.165) is 0 Å². The van der Waals surface area contributed by atoms with Gasteiger partial charge in [-0.3, -0.25) is 0 Å². The van der Waals surface area contributed by atoms with Gasteiger partial charge in [0.05, 0.1) is 37.3 Å². The molecule has 9 nitrogen and oxygen atoms in total. The van der Waals surface area contributed by atoms with Crippen molar-refractivity contribution in [3.05, 3.63) is 71.3 Å². The van der Waals surface area contributed by atoms with Gasteiger partial charge in [-0.05, 0) is 42.8 Å². The first kappa shape index (κ1) is 21.7. The number of rotatable bonds is 8. The minimum Gasteiger partial charge on any atom is -0.497 e. The van der Waals surface area contributed by atoms with E-state index in [2.05, 4.69) is 10.6 Å². The first-order chi connectivity index (χ1) is 15.0. The summed E-state index contributed by atoms with van der Waals surface area (Å²) < 4.78 is 20.6. The predicted molar refractivity (Wildman–Crippen MR) is 110 cm³/mol. The van der Waals surface area contributed by atoms with Gasteiger partial charge in [0.15, 0.2) is 0 Å². The molecule has 1 unspecified atom stereocenters. The molecule has 0 aliphatic carbocycles. The van der Waals surface area contributed by atoms with Gasteiger partial charge in [-0.25, -0.2) is 14.4 Å². The molecule has 2 heterocycles. The summed E-state index contributed by atoms with van der Waals surface area (Å²) in [5, 5.41) is 5.24. The number of carbonyl (C=O) groups excluding carboxylic acids is 3. The van der Waals surface area contributed by atoms with E-state index in [0.29, 0.717) is 17.1 Å². The van der Waals surface area contributed by atoms with E-state index < -0.39 is 24.0 Å². The third-order valence-electron chi connectivity index (χ3n) is 4.38. The monoisotopic (exact) mass is 426 g/mol. The van der Waals surface area contributed by atoms with Crippen LogP contribution in [0.15, 0.2) is 64.4 Å². The summed E-state index contributed by atoms with van der Waals surface area (Å²) in [6.07, 6.45) is 4.11. The average Bonchev–Trinajstić information content (AvgIpc) is 3.29. The Morgan fingerprint density at radius 3 is 2.58 bits per heavy atom. The average molecular weight is 426 g/mol. The molecule has 2 aromatic rings. The Labute approximate surface area is 178 Å². The SMILES string of the molecule is CCOC(=O)C1=C(COC(=O)/C=C/c2ccco2)NC(=O)NC1c1ccc(OC)cc1. The third kappa shape index (κ3) is 5.53. The van der Waals surface area contributed by atoms with Gasteiger partial charge in [0, 0.05) is 6.08 Å². The molecular weight excluding hydrogens is 404 g/mol. The maximum Gasteiger partial charge on any atom is 0.338 e. The van der Waals surface area contributed by atoms with Crippen molar-refractivity contribution < 1.29 is 33.0 Å². The Kier molecular flexibility index (Phi) is 7.10. The van der Waals surface area contributed by atoms with E-state index in [-0.39, 0.29) is 24.5 Å². The van der Waals surface area contributed by atoms with Crippen LogP contribution in [0.2, 0.25) is 0 Å². The molecule has 31 heavy (non-hydrogen) atoms. The van der Waals surface area contributed by atoms with Crippen LogP contribution in [0.5, 0.6) is 5.75 Å². The van der Waals surface area contributed by atoms with Crippen LogP contribution >= 0.6 is 0 Å². The van der Waals surface area contributed by atoms with E-state index in [9.17, 15) is 14.4 Å². The van der Waals surface area contributed by atoms with E-state index in [1.54, 1.807) is 43.3 Å². The molecule has 1 aromatic heterocycles. The zero-order valence-corrected chi connectivity index (χ0v) is 17.0. The number of ether oxygens (including phenoxy) is 3. The summed E-state index contributed by atoms with van der Waals surface area (Å²) in [4.78, 5) is 37.0. The highest BCUT2D eigenvalue weighted by Gasteiger charge is 2.34. The molecule has 0 bridgehead atoms. The van der Waals surface area contributed by atoms with Crippen LogP contribution in [-0.2, 0) is 19.1 Å². The first-order valence-corrected chi connectivity index (χ1v) is 9.51. The van der Waals surface area contributed by atoms with Gasteiger partial charge in [0.2, 0.25) is 0 Å². The lowest BCUT2D eigenvalue weighted by molar-refractivity contribution is -0.140. The van der Waals surface area contributed by atoms with Crippen molar-refractivity contribution in [2.45, 2.75) is 13.0 Å². The summed E-state index contributed by atoms with van der Waals surface area (Å²) in [5.74, 6) is -0.185. The van der Waals surface area contributed by atoms with Crippen LogP contribution < -0.4 is 15.4 Å². The number of amides is 2. The summed E-state index contributed by atoms with van der Waals surface area (Å²) in [6.45, 7) is 1.49. The van der Waals surface area contributed by atoms with Crippen molar-refractivity contribution in [3.8, 4) is 5.75 Å². The number of benzene rings is 1. The summed E-state index contributed by atoms with van der Waals surface area (Å²) in [6, 6.07) is 8.92. The zero-order valence-electron chi connectivity index (χ0n) is 17.0. The third-order valence-corrected chi connectivity index (χ3v) is 4.38. The molecule has 3 rings (SSSR count). The quantitative estimate of drug-likeness (QED) is 0.492. The zero-order chi connectivity index (χ0) is 22.2. The van der Waals surface area contributed by atoms with Gasteiger partial charge in [0.1, 0.15) is 18.1 Å². The Morgan fingerprint density at radius 2 is 1.94 bits per heavy atom. The summed E-state index contributed by atoms with van der Waals surface area (Å²) in [7, 11) is 1.54. The van der Waals surface area contributed by atoms with Gasteiger partial charge in [-0.1, -0.05) is 12.1 Å². The predicted octanol–water partition coefficient (Wildman–Crippen LogP) is 2.72. The number of hydrogen-bond donors (Lipinski definition) is 2. The van der Waals surface area contributed by atoms with Crippen molar-refractivity contribution in [2.24, 2.45) is 0 Å². The molecule has 162 valence electrons. The van der Waals surface area contributed by atoms with Gasteiger partial charge in [-0.2, -0.15) is 0 Å². The van der Waals surface area contributed by atoms with Crippen molar-refractivity contribution >= 4 is 24.0 Å². The second kappa shape index (κ2) is 10.1. The van der Waals surface area contributed by atoms with Crippen LogP contribution in [0.25, 0.3) is 6.08 Å². The van der Waals surface area contributed by atoms with Crippen LogP contribution in [0, 0.1) is 0 Å². The topological polar surface area (TPSA) is 116 Å². The highest BCUT2D eigenvalue weighted by molar-refractivity contribution is 5.95. The maximum atomic E-state index is 12.7. The number of esters is 2. The van der Waals surface area contributed by atoms with Gasteiger partial charge in [0.25, 0.3) is 0 Å². The van der Waals surface area contributed by atoms with E-state index in [1.807, 2.05) is 0 Å². The summed E-state index contributed by atoms with van der Waals surface area (Å²) >= 11 is 0. The molecule has 2 N–H and O–H groups in total. The molecule has 1 atom stereocenters. The largest absolute Gasteiger partial charge is 0.497 e. The molecule has 0 saturated heterocycles. The smallest absolute Gasteiger partial charge is 0.338 e. The molecule has 9 heteroatoms. The highest BCUT2D eigenvalue weighted by atomic mass is 16.5. The van der Waals surface area contributed by atoms with E-state index in [4.69, 9.17) is 18.6 Å². The lowest BCUT2D eigenvalue weighted by atomic mass is 9.95. The van der Waals surface area contributed by atoms with Gasteiger partial charge < -0.3 is 29.3 Å². The Morgan fingerprint density at radius 1 is 1.16 bits per heavy atom. The molecule has 0 fully saturated rings. The van der Waals surface area contributed by atoms with Crippen molar-refractivity contribution in [2.75, 3.05) is 20.3 Å². The second-order valence-electron chi connectivity index (χ2n) is 6.37. The number of urea groups is 1. The van der Waals surface area contributed by atoms with Gasteiger partial charge >= 0.3 is 18.0 Å². The fraction of sp³-hybridized carbons (Fsp3) is 0.227. The minimum absolute atomic E-state index is 0.141. The van der Waals surface area contributed by atoms with Crippen molar-refractivity contribution in [1.82, 2.24) is 10.6 Å². The molecule has 0 saturated carbocycles. The molecule has 0 spiro atoms. The Balaban J connectivity index is 1.85. The molecule has 2 amide bonds. The van der Waals surface area contributed by atoms with E-state index >= 15 is 0 Å². The molecule has 1 aliphatic heterocycles. The number of methoxy groups -OCH3 is 1. The number of furan rings is 1. The van der Waals surface area contributed by atoms with Crippen LogP contribution in [-0.4, -0.2) is 38.3 Å². The molecule has 1 aromatic carbocycles. The Bertz CT molecular complexity index is 991. The fourth-order valence-corrected chi connectivity index (χ4v) is 2.96. The first-order valence-electron chi connectivity index (χ1n) is 9.51. The minimum atomic E-state index is -0.786. The molecule has 0 radical (unpaired) electrons. The molecular formula is C22H22N2O7. The van der Waals surface area contributed by atoms with E-state index in [1.165, 1.54) is 25.5 Å². The van der Waals surface area contributed by atoms with Crippen molar-refractivity contribution in [3.63, 3.8) is 0 Å². The Hall–Kier alpha value is -4.01. The highest BCUT2D eigenvalue weighted by Crippen LogP contribution is 2.29. The standard InChI is InChI=1S/C22H22N2O7/c1-3-29-21(26)19-17(13-31-18(25)11-10-16-5-4-12-30-16)23-22(27)24-20(19)14-6-8-15(28-2)9-7-14/h4-12,20H,3,13H2,1-2H3,(H2,23,24,27)/b11-10+. The van der Waals surface area contributed by atoms with Gasteiger partial charge in [-0.15, -0.1) is 0 Å². The second-order valence-corrected chi connectivity index (χ2v) is 6.37. The molecule has 1 aliphatic rings.